The average molecular weight is 368 g/mol. The highest BCUT2D eigenvalue weighted by Crippen LogP contribution is 2.19. The minimum Gasteiger partial charge on any atom is -0.494 e. The first-order valence-electron chi connectivity index (χ1n) is 8.71. The van der Waals surface area contributed by atoms with Crippen molar-refractivity contribution in [2.75, 3.05) is 26.0 Å². The van der Waals surface area contributed by atoms with Crippen molar-refractivity contribution in [2.24, 2.45) is 0 Å². The van der Waals surface area contributed by atoms with Crippen LogP contribution in [0, 0.1) is 13.8 Å². The molecule has 0 bridgehead atoms. The summed E-state index contributed by atoms with van der Waals surface area (Å²) in [6.45, 7) is 5.50. The zero-order valence-corrected chi connectivity index (χ0v) is 16.1. The third-order valence-electron chi connectivity index (χ3n) is 4.58. The fourth-order valence-electron chi connectivity index (χ4n) is 3.00. The highest BCUT2D eigenvalue weighted by Gasteiger charge is 2.31. The van der Waals surface area contributed by atoms with Crippen molar-refractivity contribution in [1.82, 2.24) is 9.62 Å². The minimum atomic E-state index is -3.20. The summed E-state index contributed by atoms with van der Waals surface area (Å²) in [4.78, 5) is 11.9. The number of aryl methyl sites for hydroxylation is 2. The van der Waals surface area contributed by atoms with Gasteiger partial charge in [-0.25, -0.2) is 8.42 Å². The predicted molar refractivity (Wildman–Crippen MR) is 98.2 cm³/mol. The largest absolute Gasteiger partial charge is 0.494 e. The van der Waals surface area contributed by atoms with Gasteiger partial charge in [0.15, 0.2) is 0 Å². The van der Waals surface area contributed by atoms with Gasteiger partial charge in [0.25, 0.3) is 0 Å². The number of nitrogens with one attached hydrogen (secondary N) is 1. The van der Waals surface area contributed by atoms with Gasteiger partial charge >= 0.3 is 0 Å². The van der Waals surface area contributed by atoms with Crippen molar-refractivity contribution in [3.05, 3.63) is 29.3 Å². The second-order valence-electron chi connectivity index (χ2n) is 6.67. The molecule has 2 rings (SSSR count). The third kappa shape index (κ3) is 6.01. The van der Waals surface area contributed by atoms with Gasteiger partial charge in [0.1, 0.15) is 5.75 Å². The molecular formula is C18H28N2O4S. The van der Waals surface area contributed by atoms with Gasteiger partial charge in [0, 0.05) is 25.6 Å². The molecule has 1 aromatic carbocycles. The summed E-state index contributed by atoms with van der Waals surface area (Å²) in [5, 5.41) is 2.84. The van der Waals surface area contributed by atoms with Crippen LogP contribution in [0.1, 0.15) is 36.8 Å². The molecule has 1 aliphatic rings. The molecule has 140 valence electrons. The number of hydrogen-bond donors (Lipinski definition) is 1. The number of benzene rings is 1. The summed E-state index contributed by atoms with van der Waals surface area (Å²) in [7, 11) is -3.20. The van der Waals surface area contributed by atoms with Crippen LogP contribution in [-0.4, -0.2) is 50.6 Å². The van der Waals surface area contributed by atoms with Gasteiger partial charge in [0.2, 0.25) is 15.9 Å². The molecule has 0 radical (unpaired) electrons. The molecule has 0 unspecified atom stereocenters. The Morgan fingerprint density at radius 2 is 2.08 bits per heavy atom. The van der Waals surface area contributed by atoms with Gasteiger partial charge in [-0.05, 0) is 56.4 Å². The van der Waals surface area contributed by atoms with Gasteiger partial charge in [-0.2, -0.15) is 4.31 Å². The van der Waals surface area contributed by atoms with E-state index in [1.165, 1.54) is 21.7 Å². The zero-order valence-electron chi connectivity index (χ0n) is 15.2. The van der Waals surface area contributed by atoms with E-state index >= 15 is 0 Å². The lowest BCUT2D eigenvalue weighted by Crippen LogP contribution is -2.42. The molecule has 1 amide bonds. The van der Waals surface area contributed by atoms with Crippen LogP contribution in [0.4, 0.5) is 0 Å². The molecule has 1 aromatic rings. The normalized spacial score (nSPS) is 18.3. The van der Waals surface area contributed by atoms with Crippen molar-refractivity contribution in [2.45, 2.75) is 45.6 Å². The van der Waals surface area contributed by atoms with E-state index in [1.807, 2.05) is 25.1 Å². The molecule has 1 aliphatic heterocycles. The van der Waals surface area contributed by atoms with E-state index in [0.29, 0.717) is 32.5 Å². The lowest BCUT2D eigenvalue weighted by molar-refractivity contribution is -0.121. The Morgan fingerprint density at radius 3 is 2.76 bits per heavy atom. The van der Waals surface area contributed by atoms with Crippen LogP contribution >= 0.6 is 0 Å². The van der Waals surface area contributed by atoms with Crippen molar-refractivity contribution in [1.29, 1.82) is 0 Å². The molecule has 0 saturated carbocycles. The molecule has 1 atom stereocenters. The number of carbonyl (C=O) groups excluding carboxylic acids is 1. The number of nitrogens with zero attached hydrogens (tertiary/aromatic N) is 1. The second-order valence-corrected chi connectivity index (χ2v) is 8.61. The second kappa shape index (κ2) is 8.67. The summed E-state index contributed by atoms with van der Waals surface area (Å²) >= 11 is 0. The molecule has 0 spiro atoms. The maximum absolute atomic E-state index is 11.9. The van der Waals surface area contributed by atoms with Gasteiger partial charge in [-0.3, -0.25) is 4.79 Å². The lowest BCUT2D eigenvalue weighted by atomic mass is 10.1. The topological polar surface area (TPSA) is 75.7 Å². The highest BCUT2D eigenvalue weighted by atomic mass is 32.2. The number of rotatable bonds is 8. The Labute approximate surface area is 150 Å². The van der Waals surface area contributed by atoms with Crippen LogP contribution in [0.15, 0.2) is 18.2 Å². The first-order chi connectivity index (χ1) is 11.8. The quantitative estimate of drug-likeness (QED) is 0.712. The first-order valence-corrected chi connectivity index (χ1v) is 10.6. The monoisotopic (exact) mass is 368 g/mol. The molecule has 1 heterocycles. The molecular weight excluding hydrogens is 340 g/mol. The van der Waals surface area contributed by atoms with E-state index in [9.17, 15) is 13.2 Å². The number of sulfonamides is 1. The predicted octanol–water partition coefficient (Wildman–Crippen LogP) is 2.00. The summed E-state index contributed by atoms with van der Waals surface area (Å²) < 4.78 is 30.5. The van der Waals surface area contributed by atoms with E-state index in [1.54, 1.807) is 0 Å². The Hall–Kier alpha value is -1.60. The molecule has 25 heavy (non-hydrogen) atoms. The fraction of sp³-hybridized carbons (Fsp3) is 0.611. The molecule has 0 aromatic heterocycles. The molecule has 1 fully saturated rings. The molecule has 7 heteroatoms. The van der Waals surface area contributed by atoms with Crippen LogP contribution in [0.25, 0.3) is 0 Å². The Kier molecular flexibility index (Phi) is 6.84. The van der Waals surface area contributed by atoms with E-state index in [4.69, 9.17) is 4.74 Å². The maximum atomic E-state index is 11.9. The van der Waals surface area contributed by atoms with Gasteiger partial charge in [-0.1, -0.05) is 6.07 Å². The summed E-state index contributed by atoms with van der Waals surface area (Å²) in [5.74, 6) is 0.752. The number of ether oxygens (including phenoxy) is 1. The van der Waals surface area contributed by atoms with Crippen molar-refractivity contribution >= 4 is 15.9 Å². The Morgan fingerprint density at radius 1 is 1.32 bits per heavy atom. The van der Waals surface area contributed by atoms with Crippen LogP contribution < -0.4 is 10.1 Å². The van der Waals surface area contributed by atoms with Crippen molar-refractivity contribution in [3.63, 3.8) is 0 Å². The zero-order chi connectivity index (χ0) is 18.4. The van der Waals surface area contributed by atoms with Gasteiger partial charge < -0.3 is 10.1 Å². The average Bonchev–Trinajstić information content (AvgIpc) is 3.02. The maximum Gasteiger partial charge on any atom is 0.220 e. The smallest absolute Gasteiger partial charge is 0.220 e. The van der Waals surface area contributed by atoms with Crippen molar-refractivity contribution in [3.8, 4) is 5.75 Å². The Balaban J connectivity index is 1.66. The van der Waals surface area contributed by atoms with E-state index in [-0.39, 0.29) is 11.9 Å². The van der Waals surface area contributed by atoms with Crippen LogP contribution in [0.2, 0.25) is 0 Å². The lowest BCUT2D eigenvalue weighted by Gasteiger charge is -2.22. The van der Waals surface area contributed by atoms with Gasteiger partial charge in [0.05, 0.1) is 12.9 Å². The molecule has 6 nitrogen and oxygen atoms in total. The minimum absolute atomic E-state index is 0.0657. The van der Waals surface area contributed by atoms with E-state index in [2.05, 4.69) is 12.2 Å². The highest BCUT2D eigenvalue weighted by molar-refractivity contribution is 7.88. The van der Waals surface area contributed by atoms with E-state index < -0.39 is 10.0 Å². The number of carbonyl (C=O) groups is 1. The molecule has 1 N–H and O–H groups in total. The van der Waals surface area contributed by atoms with Crippen LogP contribution in [-0.2, 0) is 14.8 Å². The van der Waals surface area contributed by atoms with Crippen LogP contribution in [0.3, 0.4) is 0 Å². The standard InChI is InChI=1S/C18H28N2O4S/c1-14-8-9-17(12-15(14)2)24-11-5-7-18(21)19-13-16-6-4-10-20(16)25(3,22)23/h8-9,12,16H,4-7,10-11,13H2,1-3H3,(H,19,21)/t16-/m1/s1. The summed E-state index contributed by atoms with van der Waals surface area (Å²) in [6.07, 6.45) is 3.85. The summed E-state index contributed by atoms with van der Waals surface area (Å²) in [5.41, 5.74) is 2.41. The van der Waals surface area contributed by atoms with Crippen LogP contribution in [0.5, 0.6) is 5.75 Å². The van der Waals surface area contributed by atoms with Gasteiger partial charge in [-0.15, -0.1) is 0 Å². The fourth-order valence-corrected chi connectivity index (χ4v) is 4.18. The third-order valence-corrected chi connectivity index (χ3v) is 5.91. The first kappa shape index (κ1) is 19.7. The molecule has 1 saturated heterocycles. The SMILES string of the molecule is Cc1ccc(OCCCC(=O)NC[C@H]2CCCN2S(C)(=O)=O)cc1C. The Bertz CT molecular complexity index is 703. The summed E-state index contributed by atoms with van der Waals surface area (Å²) in [6, 6.07) is 5.83. The number of hydrogen-bond acceptors (Lipinski definition) is 4. The number of amides is 1. The molecule has 0 aliphatic carbocycles. The van der Waals surface area contributed by atoms with Crippen molar-refractivity contribution < 1.29 is 17.9 Å². The van der Waals surface area contributed by atoms with E-state index in [0.717, 1.165) is 18.6 Å².